The fraction of sp³-hybridized carbons (Fsp3) is 0.368. The van der Waals surface area contributed by atoms with Gasteiger partial charge in [-0.05, 0) is 67.6 Å². The third kappa shape index (κ3) is 4.69. The molecule has 0 saturated heterocycles. The second-order valence-electron chi connectivity index (χ2n) is 5.66. The number of benzene rings is 2. The van der Waals surface area contributed by atoms with E-state index in [2.05, 4.69) is 84.5 Å². The highest BCUT2D eigenvalue weighted by atomic mass is 79.9. The lowest BCUT2D eigenvalue weighted by atomic mass is 9.93. The molecular weight excluding hydrogens is 322 g/mol. The maximum Gasteiger partial charge on any atom is 0.0175 e. The van der Waals surface area contributed by atoms with Crippen molar-refractivity contribution in [3.63, 3.8) is 0 Å². The number of hydrogen-bond acceptors (Lipinski definition) is 1. The Balaban J connectivity index is 2.13. The molecule has 0 saturated carbocycles. The van der Waals surface area contributed by atoms with E-state index in [1.165, 1.54) is 22.3 Å². The largest absolute Gasteiger partial charge is 0.314 e. The van der Waals surface area contributed by atoms with Crippen LogP contribution >= 0.6 is 15.9 Å². The Labute approximate surface area is 136 Å². The van der Waals surface area contributed by atoms with Crippen molar-refractivity contribution in [1.82, 2.24) is 5.32 Å². The number of aryl methyl sites for hydroxylation is 2. The molecule has 0 radical (unpaired) electrons. The van der Waals surface area contributed by atoms with Crippen molar-refractivity contribution < 1.29 is 0 Å². The smallest absolute Gasteiger partial charge is 0.0175 e. The number of halogens is 1. The molecule has 2 heteroatoms. The van der Waals surface area contributed by atoms with Crippen LogP contribution in [0.3, 0.4) is 0 Å². The van der Waals surface area contributed by atoms with Crippen LogP contribution < -0.4 is 5.32 Å². The predicted octanol–water partition coefficient (Wildman–Crippen LogP) is 4.83. The molecule has 0 aromatic heterocycles. The highest BCUT2D eigenvalue weighted by Gasteiger charge is 2.12. The van der Waals surface area contributed by atoms with Gasteiger partial charge in [0.25, 0.3) is 0 Å². The molecule has 1 N–H and O–H groups in total. The molecule has 0 amide bonds. The first-order valence-corrected chi connectivity index (χ1v) is 8.42. The normalized spacial score (nSPS) is 12.4. The van der Waals surface area contributed by atoms with Gasteiger partial charge < -0.3 is 5.32 Å². The van der Waals surface area contributed by atoms with E-state index in [4.69, 9.17) is 0 Å². The first-order valence-electron chi connectivity index (χ1n) is 7.63. The van der Waals surface area contributed by atoms with E-state index in [-0.39, 0.29) is 0 Å². The molecule has 1 atom stereocenters. The third-order valence-corrected chi connectivity index (χ3v) is 4.51. The van der Waals surface area contributed by atoms with Crippen LogP contribution in [0.1, 0.15) is 29.2 Å². The van der Waals surface area contributed by atoms with Crippen LogP contribution in [0.15, 0.2) is 46.9 Å². The summed E-state index contributed by atoms with van der Waals surface area (Å²) in [6.07, 6.45) is 2.15. The second-order valence-corrected chi connectivity index (χ2v) is 6.58. The molecule has 0 spiro atoms. The van der Waals surface area contributed by atoms with Gasteiger partial charge in [0.15, 0.2) is 0 Å². The molecule has 0 aliphatic carbocycles. The Morgan fingerprint density at radius 2 is 1.57 bits per heavy atom. The molecule has 2 aromatic rings. The zero-order valence-electron chi connectivity index (χ0n) is 13.1. The first kappa shape index (κ1) is 16.3. The maximum absolute atomic E-state index is 3.64. The maximum atomic E-state index is 3.64. The van der Waals surface area contributed by atoms with Crippen molar-refractivity contribution in [2.45, 2.75) is 39.7 Å². The van der Waals surface area contributed by atoms with Crippen LogP contribution in [0.2, 0.25) is 0 Å². The van der Waals surface area contributed by atoms with Crippen molar-refractivity contribution in [1.29, 1.82) is 0 Å². The Hall–Kier alpha value is -1.12. The SMILES string of the molecule is CCNC(Cc1ccc(Br)cc1)Cc1c(C)cccc1C. The van der Waals surface area contributed by atoms with Crippen LogP contribution in [0.5, 0.6) is 0 Å². The zero-order chi connectivity index (χ0) is 15.2. The molecule has 0 bridgehead atoms. The average Bonchev–Trinajstić information content (AvgIpc) is 2.45. The highest BCUT2D eigenvalue weighted by Crippen LogP contribution is 2.18. The predicted molar refractivity (Wildman–Crippen MR) is 94.9 cm³/mol. The van der Waals surface area contributed by atoms with Crippen LogP contribution in [0.25, 0.3) is 0 Å². The van der Waals surface area contributed by atoms with E-state index >= 15 is 0 Å². The molecule has 112 valence electrons. The van der Waals surface area contributed by atoms with E-state index in [0.29, 0.717) is 6.04 Å². The highest BCUT2D eigenvalue weighted by molar-refractivity contribution is 9.10. The monoisotopic (exact) mass is 345 g/mol. The molecule has 0 heterocycles. The summed E-state index contributed by atoms with van der Waals surface area (Å²) in [4.78, 5) is 0. The molecule has 2 rings (SSSR count). The van der Waals surface area contributed by atoms with Gasteiger partial charge in [-0.3, -0.25) is 0 Å². The van der Waals surface area contributed by atoms with Crippen molar-refractivity contribution in [2.75, 3.05) is 6.54 Å². The summed E-state index contributed by atoms with van der Waals surface area (Å²) in [5.74, 6) is 0. The van der Waals surface area contributed by atoms with Gasteiger partial charge in [0.05, 0.1) is 0 Å². The quantitative estimate of drug-likeness (QED) is 0.790. The topological polar surface area (TPSA) is 12.0 Å². The van der Waals surface area contributed by atoms with Gasteiger partial charge in [-0.15, -0.1) is 0 Å². The van der Waals surface area contributed by atoms with Crippen LogP contribution in [-0.4, -0.2) is 12.6 Å². The summed E-state index contributed by atoms with van der Waals surface area (Å²) in [6.45, 7) is 7.61. The lowest BCUT2D eigenvalue weighted by molar-refractivity contribution is 0.519. The van der Waals surface area contributed by atoms with E-state index < -0.39 is 0 Å². The third-order valence-electron chi connectivity index (χ3n) is 3.98. The molecule has 21 heavy (non-hydrogen) atoms. The fourth-order valence-corrected chi connectivity index (χ4v) is 3.09. The number of likely N-dealkylation sites (N-methyl/N-ethyl adjacent to an activating group) is 1. The zero-order valence-corrected chi connectivity index (χ0v) is 14.7. The fourth-order valence-electron chi connectivity index (χ4n) is 2.83. The Bertz CT molecular complexity index is 554. The van der Waals surface area contributed by atoms with E-state index in [1.54, 1.807) is 0 Å². The van der Waals surface area contributed by atoms with Gasteiger partial charge >= 0.3 is 0 Å². The lowest BCUT2D eigenvalue weighted by Gasteiger charge is -2.20. The Morgan fingerprint density at radius 3 is 2.14 bits per heavy atom. The average molecular weight is 346 g/mol. The van der Waals surface area contributed by atoms with Gasteiger partial charge in [-0.2, -0.15) is 0 Å². The molecular formula is C19H24BrN. The molecule has 0 aliphatic heterocycles. The van der Waals surface area contributed by atoms with Gasteiger partial charge in [0, 0.05) is 10.5 Å². The lowest BCUT2D eigenvalue weighted by Crippen LogP contribution is -2.33. The molecule has 1 unspecified atom stereocenters. The minimum atomic E-state index is 0.482. The summed E-state index contributed by atoms with van der Waals surface area (Å²) in [7, 11) is 0. The molecule has 0 aliphatic rings. The van der Waals surface area contributed by atoms with Crippen LogP contribution in [-0.2, 0) is 12.8 Å². The summed E-state index contributed by atoms with van der Waals surface area (Å²) in [6, 6.07) is 15.7. The van der Waals surface area contributed by atoms with Crippen LogP contribution in [0.4, 0.5) is 0 Å². The van der Waals surface area contributed by atoms with Crippen molar-refractivity contribution in [3.05, 3.63) is 69.2 Å². The Morgan fingerprint density at radius 1 is 0.952 bits per heavy atom. The molecule has 2 aromatic carbocycles. The Kier molecular flexibility index (Phi) is 6.01. The number of hydrogen-bond donors (Lipinski definition) is 1. The van der Waals surface area contributed by atoms with Gasteiger partial charge in [-0.25, -0.2) is 0 Å². The minimum Gasteiger partial charge on any atom is -0.314 e. The van der Waals surface area contributed by atoms with Gasteiger partial charge in [-0.1, -0.05) is 53.2 Å². The van der Waals surface area contributed by atoms with Gasteiger partial charge in [0.2, 0.25) is 0 Å². The van der Waals surface area contributed by atoms with Crippen LogP contribution in [0, 0.1) is 13.8 Å². The summed E-state index contributed by atoms with van der Waals surface area (Å²) < 4.78 is 1.14. The van der Waals surface area contributed by atoms with E-state index in [1.807, 2.05) is 0 Å². The molecule has 0 fully saturated rings. The van der Waals surface area contributed by atoms with E-state index in [0.717, 1.165) is 23.9 Å². The standard InChI is InChI=1S/C19H24BrN/c1-4-21-18(12-16-8-10-17(20)11-9-16)13-19-14(2)6-5-7-15(19)3/h5-11,18,21H,4,12-13H2,1-3H3. The van der Waals surface area contributed by atoms with Crippen molar-refractivity contribution >= 4 is 15.9 Å². The minimum absolute atomic E-state index is 0.482. The number of rotatable bonds is 6. The summed E-state index contributed by atoms with van der Waals surface area (Å²) >= 11 is 3.50. The van der Waals surface area contributed by atoms with Crippen molar-refractivity contribution in [2.24, 2.45) is 0 Å². The summed E-state index contributed by atoms with van der Waals surface area (Å²) in [5, 5.41) is 3.64. The molecule has 1 nitrogen and oxygen atoms in total. The first-order chi connectivity index (χ1) is 10.1. The number of nitrogens with one attached hydrogen (secondary N) is 1. The second kappa shape index (κ2) is 7.77. The van der Waals surface area contributed by atoms with Crippen molar-refractivity contribution in [3.8, 4) is 0 Å². The van der Waals surface area contributed by atoms with Gasteiger partial charge in [0.1, 0.15) is 0 Å². The summed E-state index contributed by atoms with van der Waals surface area (Å²) in [5.41, 5.74) is 5.67. The van der Waals surface area contributed by atoms with E-state index in [9.17, 15) is 0 Å².